The first-order valence-corrected chi connectivity index (χ1v) is 14.6. The number of hydrogen-bond acceptors (Lipinski definition) is 11. The fraction of sp³-hybridized carbons (Fsp3) is 0.333. The number of hydrogen-bond donors (Lipinski definition) is 0. The van der Waals surface area contributed by atoms with E-state index in [1.54, 1.807) is 45.9 Å². The van der Waals surface area contributed by atoms with E-state index in [0.29, 0.717) is 11.1 Å². The Kier molecular flexibility index (Phi) is 11.2. The monoisotopic (exact) mass is 617 g/mol. The number of carbonyl (C=O) groups is 4. The third kappa shape index (κ3) is 7.46. The van der Waals surface area contributed by atoms with Crippen molar-refractivity contribution in [1.82, 2.24) is 14.5 Å². The highest BCUT2D eigenvalue weighted by Gasteiger charge is 2.39. The number of fused-ring (bicyclic) bond motifs is 1. The Morgan fingerprint density at radius 2 is 1.22 bits per heavy atom. The lowest BCUT2D eigenvalue weighted by Gasteiger charge is -2.20. The van der Waals surface area contributed by atoms with Crippen molar-refractivity contribution in [3.63, 3.8) is 0 Å². The molecule has 2 aromatic carbocycles. The summed E-state index contributed by atoms with van der Waals surface area (Å²) in [7, 11) is 0. The minimum atomic E-state index is -1.55. The lowest BCUT2D eigenvalue weighted by molar-refractivity contribution is -0.159. The van der Waals surface area contributed by atoms with Gasteiger partial charge in [0, 0.05) is 23.3 Å². The van der Waals surface area contributed by atoms with Gasteiger partial charge in [0.15, 0.2) is 11.8 Å². The maximum Gasteiger partial charge on any atom is 0.326 e. The molecule has 0 bridgehead atoms. The van der Waals surface area contributed by atoms with E-state index in [2.05, 4.69) is 9.97 Å². The summed E-state index contributed by atoms with van der Waals surface area (Å²) in [5.74, 6) is -6.15. The molecule has 0 saturated heterocycles. The Morgan fingerprint density at radius 1 is 0.689 bits per heavy atom. The Balaban J connectivity index is 2.07. The normalized spacial score (nSPS) is 11.0. The van der Waals surface area contributed by atoms with Crippen LogP contribution in [0, 0.1) is 0 Å². The van der Waals surface area contributed by atoms with Crippen molar-refractivity contribution < 1.29 is 42.9 Å². The second kappa shape index (κ2) is 15.5. The summed E-state index contributed by atoms with van der Waals surface area (Å²) in [6.45, 7) is 6.68. The fourth-order valence-electron chi connectivity index (χ4n) is 4.84. The first kappa shape index (κ1) is 32.6. The van der Waals surface area contributed by atoms with Gasteiger partial charge in [-0.25, -0.2) is 9.97 Å². The maximum absolute atomic E-state index is 13.4. The Hall–Kier alpha value is -5.26. The molecule has 0 saturated carbocycles. The van der Waals surface area contributed by atoms with Gasteiger partial charge in [0.05, 0.1) is 37.6 Å². The highest BCUT2D eigenvalue weighted by Crippen LogP contribution is 2.38. The average Bonchev–Trinajstić information content (AvgIpc) is 3.40. The van der Waals surface area contributed by atoms with Crippen molar-refractivity contribution in [2.75, 3.05) is 26.4 Å². The Labute approximate surface area is 260 Å². The first-order valence-electron chi connectivity index (χ1n) is 14.6. The number of esters is 4. The Bertz CT molecular complexity index is 1600. The van der Waals surface area contributed by atoms with Gasteiger partial charge in [-0.15, -0.1) is 0 Å². The molecule has 0 radical (unpaired) electrons. The van der Waals surface area contributed by atoms with Gasteiger partial charge in [0.1, 0.15) is 12.4 Å². The minimum absolute atomic E-state index is 0.00390. The van der Waals surface area contributed by atoms with Crippen LogP contribution in [-0.2, 0) is 44.7 Å². The van der Waals surface area contributed by atoms with Crippen molar-refractivity contribution in [3.8, 4) is 11.7 Å². The van der Waals surface area contributed by atoms with E-state index >= 15 is 0 Å². The summed E-state index contributed by atoms with van der Waals surface area (Å²) in [6.07, 6.45) is 2.96. The van der Waals surface area contributed by atoms with Crippen LogP contribution in [0.3, 0.4) is 0 Å². The van der Waals surface area contributed by atoms with Crippen LogP contribution in [-0.4, -0.2) is 64.8 Å². The number of rotatable bonds is 14. The lowest BCUT2D eigenvalue weighted by atomic mass is 9.96. The van der Waals surface area contributed by atoms with Gasteiger partial charge in [-0.2, -0.15) is 0 Å². The number of nitrogens with zero attached hydrogens (tertiary/aromatic N) is 3. The summed E-state index contributed by atoms with van der Waals surface area (Å²) in [5.41, 5.74) is 1.37. The van der Waals surface area contributed by atoms with Gasteiger partial charge in [0.25, 0.3) is 0 Å². The quantitative estimate of drug-likeness (QED) is 0.113. The zero-order chi connectivity index (χ0) is 32.3. The number of benzene rings is 2. The molecule has 0 atom stereocenters. The molecule has 0 aliphatic carbocycles. The second-order valence-electron chi connectivity index (χ2n) is 9.55. The third-order valence-corrected chi connectivity index (χ3v) is 6.62. The Morgan fingerprint density at radius 3 is 1.76 bits per heavy atom. The van der Waals surface area contributed by atoms with Gasteiger partial charge in [-0.05, 0) is 57.5 Å². The van der Waals surface area contributed by atoms with Crippen molar-refractivity contribution in [1.29, 1.82) is 0 Å². The molecular formula is C33H35N3O9. The largest absolute Gasteiger partial charge is 0.489 e. The smallest absolute Gasteiger partial charge is 0.326 e. The van der Waals surface area contributed by atoms with Gasteiger partial charge < -0.3 is 23.7 Å². The van der Waals surface area contributed by atoms with E-state index in [9.17, 15) is 19.2 Å². The van der Waals surface area contributed by atoms with E-state index in [1.165, 1.54) is 23.0 Å². The molecule has 12 nitrogen and oxygen atoms in total. The van der Waals surface area contributed by atoms with Gasteiger partial charge in [-0.3, -0.25) is 23.7 Å². The molecule has 0 fully saturated rings. The van der Waals surface area contributed by atoms with Crippen molar-refractivity contribution in [2.45, 2.75) is 46.1 Å². The zero-order valence-electron chi connectivity index (χ0n) is 25.6. The summed E-state index contributed by atoms with van der Waals surface area (Å²) >= 11 is 0. The van der Waals surface area contributed by atoms with E-state index in [-0.39, 0.29) is 55.8 Å². The first-order chi connectivity index (χ1) is 21.8. The summed E-state index contributed by atoms with van der Waals surface area (Å²) in [4.78, 5) is 62.2. The number of aromatic nitrogens is 3. The molecule has 0 aliphatic heterocycles. The molecule has 2 aromatic heterocycles. The topological polar surface area (TPSA) is 145 Å². The van der Waals surface area contributed by atoms with Gasteiger partial charge in [0.2, 0.25) is 5.95 Å². The molecule has 0 aliphatic rings. The predicted molar refractivity (Wildman–Crippen MR) is 162 cm³/mol. The van der Waals surface area contributed by atoms with Crippen LogP contribution < -0.4 is 4.74 Å². The van der Waals surface area contributed by atoms with E-state index in [4.69, 9.17) is 23.7 Å². The number of ether oxygens (including phenoxy) is 5. The van der Waals surface area contributed by atoms with Crippen molar-refractivity contribution in [2.24, 2.45) is 0 Å². The number of carbonyl (C=O) groups excluding carboxylic acids is 4. The van der Waals surface area contributed by atoms with Crippen molar-refractivity contribution in [3.05, 3.63) is 83.8 Å². The van der Waals surface area contributed by atoms with Crippen LogP contribution in [0.25, 0.3) is 16.9 Å². The molecule has 12 heteroatoms. The van der Waals surface area contributed by atoms with Crippen LogP contribution in [0.4, 0.5) is 0 Å². The minimum Gasteiger partial charge on any atom is -0.489 e. The van der Waals surface area contributed by atoms with Crippen molar-refractivity contribution >= 4 is 34.8 Å². The molecular weight excluding hydrogens is 582 g/mol. The van der Waals surface area contributed by atoms with Gasteiger partial charge in [-0.1, -0.05) is 30.3 Å². The SMILES string of the molecule is CCOC(=O)C(C(=O)OCC)c1cc(OCc2ccccc2)cc2cc(C(C(=O)OCC)C(=O)OCC)n(-c3ncccn3)c12. The highest BCUT2D eigenvalue weighted by atomic mass is 16.6. The molecule has 0 spiro atoms. The lowest BCUT2D eigenvalue weighted by Crippen LogP contribution is -2.29. The standard InChI is InChI=1S/C33H35N3O9/c1-5-41-29(37)26(30(38)42-6-2)24-19-23(45-20-21-13-10-9-11-14-21)17-22-18-25(27(31(39)43-7-3)32(40)44-8-4)36(28(22)24)33-34-15-12-16-35-33/h9-19,26-27H,5-8,20H2,1-4H3. The van der Waals surface area contributed by atoms with Crippen LogP contribution in [0.2, 0.25) is 0 Å². The molecule has 2 heterocycles. The van der Waals surface area contributed by atoms with Crippen LogP contribution in [0.5, 0.6) is 5.75 Å². The third-order valence-electron chi connectivity index (χ3n) is 6.62. The van der Waals surface area contributed by atoms with Gasteiger partial charge >= 0.3 is 23.9 Å². The van der Waals surface area contributed by atoms with Crippen LogP contribution in [0.15, 0.2) is 67.0 Å². The summed E-state index contributed by atoms with van der Waals surface area (Å²) in [5, 5.41) is 0.412. The molecule has 236 valence electrons. The molecule has 0 unspecified atom stereocenters. The maximum atomic E-state index is 13.4. The average molecular weight is 618 g/mol. The predicted octanol–water partition coefficient (Wildman–Crippen LogP) is 4.42. The molecule has 45 heavy (non-hydrogen) atoms. The summed E-state index contributed by atoms with van der Waals surface area (Å²) in [6, 6.07) is 15.8. The van der Waals surface area contributed by atoms with Crippen LogP contribution in [0.1, 0.15) is 56.4 Å². The van der Waals surface area contributed by atoms with E-state index < -0.39 is 35.7 Å². The molecule has 4 rings (SSSR count). The summed E-state index contributed by atoms with van der Waals surface area (Å²) < 4.78 is 28.8. The van der Waals surface area contributed by atoms with Crippen LogP contribution >= 0.6 is 0 Å². The molecule has 0 amide bonds. The highest BCUT2D eigenvalue weighted by molar-refractivity contribution is 6.06. The molecule has 4 aromatic rings. The van der Waals surface area contributed by atoms with E-state index in [0.717, 1.165) is 5.56 Å². The fourth-order valence-corrected chi connectivity index (χ4v) is 4.84. The second-order valence-corrected chi connectivity index (χ2v) is 9.55. The van der Waals surface area contributed by atoms with E-state index in [1.807, 2.05) is 30.3 Å². The zero-order valence-corrected chi connectivity index (χ0v) is 25.6. The molecule has 0 N–H and O–H groups in total.